The number of rotatable bonds is 2. The first kappa shape index (κ1) is 15.7. The molecule has 0 atom stereocenters. The quantitative estimate of drug-likeness (QED) is 0.623. The van der Waals surface area contributed by atoms with Crippen LogP contribution in [0.4, 0.5) is 0 Å². The molecule has 0 unspecified atom stereocenters. The van der Waals surface area contributed by atoms with Crippen LogP contribution in [-0.4, -0.2) is 11.7 Å². The van der Waals surface area contributed by atoms with Crippen LogP contribution in [0.15, 0.2) is 0 Å². The van der Waals surface area contributed by atoms with E-state index in [0.717, 1.165) is 12.8 Å². The maximum atomic E-state index is 8.07. The Balaban J connectivity index is -0.0000000800. The smallest absolute Gasteiger partial charge is 0.0430 e. The molecule has 0 aliphatic heterocycles. The molecule has 0 aliphatic carbocycles. The third-order valence-electron chi connectivity index (χ3n) is 0.512. The molecular weight excluding hydrogens is 163 g/mol. The Morgan fingerprint density at radius 1 is 1.43 bits per heavy atom. The molecule has 0 aromatic heterocycles. The largest absolute Gasteiger partial charge is 0.396 e. The SMILES string of the molecule is CCCCO.Cl.[Cu]. The molecule has 51 valence electrons. The molecule has 0 rings (SSSR count). The zero-order chi connectivity index (χ0) is 4.12. The van der Waals surface area contributed by atoms with Crippen molar-refractivity contribution in [1.29, 1.82) is 0 Å². The van der Waals surface area contributed by atoms with Crippen molar-refractivity contribution in [3.8, 4) is 0 Å². The van der Waals surface area contributed by atoms with E-state index in [9.17, 15) is 0 Å². The van der Waals surface area contributed by atoms with E-state index in [4.69, 9.17) is 5.11 Å². The van der Waals surface area contributed by atoms with Crippen LogP contribution in [0.1, 0.15) is 19.8 Å². The van der Waals surface area contributed by atoms with Crippen LogP contribution < -0.4 is 0 Å². The maximum absolute atomic E-state index is 8.07. The summed E-state index contributed by atoms with van der Waals surface area (Å²) in [4.78, 5) is 0. The summed E-state index contributed by atoms with van der Waals surface area (Å²) in [6.07, 6.45) is 2.04. The molecule has 0 saturated heterocycles. The van der Waals surface area contributed by atoms with Gasteiger partial charge in [-0.25, -0.2) is 0 Å². The molecule has 0 heterocycles. The van der Waals surface area contributed by atoms with Crippen LogP contribution >= 0.6 is 12.4 Å². The Kier molecular flexibility index (Phi) is 35.5. The first-order valence-electron chi connectivity index (χ1n) is 2.02. The summed E-state index contributed by atoms with van der Waals surface area (Å²) in [6, 6.07) is 0. The number of hydrogen-bond donors (Lipinski definition) is 1. The average molecular weight is 174 g/mol. The van der Waals surface area contributed by atoms with E-state index < -0.39 is 0 Å². The van der Waals surface area contributed by atoms with Crippen molar-refractivity contribution in [2.24, 2.45) is 0 Å². The van der Waals surface area contributed by atoms with Gasteiger partial charge in [0.05, 0.1) is 0 Å². The minimum Gasteiger partial charge on any atom is -0.396 e. The van der Waals surface area contributed by atoms with Gasteiger partial charge in [0.2, 0.25) is 0 Å². The monoisotopic (exact) mass is 173 g/mol. The number of hydrogen-bond acceptors (Lipinski definition) is 1. The first-order chi connectivity index (χ1) is 2.41. The minimum atomic E-state index is 0. The number of halogens is 1. The van der Waals surface area contributed by atoms with Gasteiger partial charge in [0, 0.05) is 23.7 Å². The van der Waals surface area contributed by atoms with E-state index in [-0.39, 0.29) is 29.5 Å². The van der Waals surface area contributed by atoms with Crippen LogP contribution in [0, 0.1) is 0 Å². The third kappa shape index (κ3) is 20.1. The van der Waals surface area contributed by atoms with Gasteiger partial charge in [-0.05, 0) is 6.42 Å². The van der Waals surface area contributed by atoms with Crippen molar-refractivity contribution in [3.05, 3.63) is 0 Å². The van der Waals surface area contributed by atoms with E-state index >= 15 is 0 Å². The number of unbranched alkanes of at least 4 members (excludes halogenated alkanes) is 1. The van der Waals surface area contributed by atoms with Crippen molar-refractivity contribution in [2.45, 2.75) is 19.8 Å². The molecule has 0 aliphatic rings. The predicted octanol–water partition coefficient (Wildman–Crippen LogP) is 1.20. The zero-order valence-electron chi connectivity index (χ0n) is 4.28. The van der Waals surface area contributed by atoms with Crippen molar-refractivity contribution in [2.75, 3.05) is 6.61 Å². The number of aliphatic hydroxyl groups excluding tert-OH is 1. The van der Waals surface area contributed by atoms with Gasteiger partial charge in [-0.2, -0.15) is 0 Å². The number of aliphatic hydroxyl groups is 1. The van der Waals surface area contributed by atoms with Crippen molar-refractivity contribution >= 4 is 12.4 Å². The Bertz CT molecular complexity index is 19.2. The van der Waals surface area contributed by atoms with Crippen LogP contribution in [0.2, 0.25) is 0 Å². The topological polar surface area (TPSA) is 20.2 Å². The van der Waals surface area contributed by atoms with Gasteiger partial charge in [-0.1, -0.05) is 13.3 Å². The molecule has 0 fully saturated rings. The first-order valence-corrected chi connectivity index (χ1v) is 2.02. The molecule has 1 radical (unpaired) electrons. The van der Waals surface area contributed by atoms with Gasteiger partial charge in [0.25, 0.3) is 0 Å². The molecule has 7 heavy (non-hydrogen) atoms. The van der Waals surface area contributed by atoms with Crippen LogP contribution in [-0.2, 0) is 17.1 Å². The minimum absolute atomic E-state index is 0. The van der Waals surface area contributed by atoms with Gasteiger partial charge >= 0.3 is 0 Å². The van der Waals surface area contributed by atoms with Crippen molar-refractivity contribution < 1.29 is 22.2 Å². The molecule has 3 heteroatoms. The van der Waals surface area contributed by atoms with E-state index in [1.807, 2.05) is 0 Å². The van der Waals surface area contributed by atoms with Crippen LogP contribution in [0.5, 0.6) is 0 Å². The Morgan fingerprint density at radius 3 is 1.86 bits per heavy atom. The van der Waals surface area contributed by atoms with Gasteiger partial charge in [0.15, 0.2) is 0 Å². The molecule has 0 aromatic rings. The van der Waals surface area contributed by atoms with Gasteiger partial charge < -0.3 is 5.11 Å². The van der Waals surface area contributed by atoms with Gasteiger partial charge in [-0.3, -0.25) is 0 Å². The fraction of sp³-hybridized carbons (Fsp3) is 1.00. The normalized spacial score (nSPS) is 6.00. The van der Waals surface area contributed by atoms with E-state index in [2.05, 4.69) is 6.92 Å². The summed E-state index contributed by atoms with van der Waals surface area (Å²) in [5.74, 6) is 0. The van der Waals surface area contributed by atoms with E-state index in [1.165, 1.54) is 0 Å². The molecule has 0 amide bonds. The Labute approximate surface area is 61.4 Å². The Hall–Kier alpha value is 0.769. The second-order valence-corrected chi connectivity index (χ2v) is 1.08. The fourth-order valence-electron chi connectivity index (χ4n) is 0.158. The third-order valence-corrected chi connectivity index (χ3v) is 0.512. The summed E-state index contributed by atoms with van der Waals surface area (Å²) in [5.41, 5.74) is 0. The molecule has 0 saturated carbocycles. The van der Waals surface area contributed by atoms with Crippen LogP contribution in [0.25, 0.3) is 0 Å². The van der Waals surface area contributed by atoms with Gasteiger partial charge in [-0.15, -0.1) is 12.4 Å². The fourth-order valence-corrected chi connectivity index (χ4v) is 0.158. The standard InChI is InChI=1S/C4H10O.ClH.Cu/c1-2-3-4-5;;/h5H,2-4H2,1H3;1H;. The average Bonchev–Trinajstić information content (AvgIpc) is 1.41. The second-order valence-electron chi connectivity index (χ2n) is 1.08. The zero-order valence-corrected chi connectivity index (χ0v) is 6.04. The van der Waals surface area contributed by atoms with E-state index in [0.29, 0.717) is 6.61 Å². The maximum Gasteiger partial charge on any atom is 0.0430 e. The molecule has 0 aromatic carbocycles. The van der Waals surface area contributed by atoms with Crippen molar-refractivity contribution in [1.82, 2.24) is 0 Å². The van der Waals surface area contributed by atoms with Crippen molar-refractivity contribution in [3.63, 3.8) is 0 Å². The predicted molar refractivity (Wildman–Crippen MR) is 29.2 cm³/mol. The molecule has 1 nitrogen and oxygen atoms in total. The van der Waals surface area contributed by atoms with Crippen LogP contribution in [0.3, 0.4) is 0 Å². The van der Waals surface area contributed by atoms with E-state index in [1.54, 1.807) is 0 Å². The summed E-state index contributed by atoms with van der Waals surface area (Å²) in [6.45, 7) is 2.40. The summed E-state index contributed by atoms with van der Waals surface area (Å²) < 4.78 is 0. The molecule has 0 bridgehead atoms. The summed E-state index contributed by atoms with van der Waals surface area (Å²) in [7, 11) is 0. The summed E-state index contributed by atoms with van der Waals surface area (Å²) >= 11 is 0. The van der Waals surface area contributed by atoms with Gasteiger partial charge in [0.1, 0.15) is 0 Å². The second kappa shape index (κ2) is 15.9. The summed E-state index contributed by atoms with van der Waals surface area (Å²) in [5, 5.41) is 8.07. The molecule has 0 spiro atoms. The molecule has 1 N–H and O–H groups in total. The molecular formula is C4H11ClCuO. The Morgan fingerprint density at radius 2 is 1.86 bits per heavy atom.